The minimum Gasteiger partial charge on any atom is -0.356 e. The summed E-state index contributed by atoms with van der Waals surface area (Å²) in [4.78, 5) is 9.56. The molecule has 0 spiro atoms. The molecule has 2 N–H and O–H groups in total. The summed E-state index contributed by atoms with van der Waals surface area (Å²) in [6, 6.07) is -0.0470. The molecule has 0 amide bonds. The van der Waals surface area contributed by atoms with E-state index in [4.69, 9.17) is 4.52 Å². The Labute approximate surface area is 132 Å². The molecular weight excluding hydrogens is 313 g/mol. The van der Waals surface area contributed by atoms with Gasteiger partial charge in [0.25, 0.3) is 0 Å². The monoisotopic (exact) mass is 334 g/mol. The van der Waals surface area contributed by atoms with Gasteiger partial charge in [0.15, 0.2) is 11.8 Å². The number of aryl methyl sites for hydroxylation is 1. The zero-order chi connectivity index (χ0) is 16.9. The molecule has 2 rings (SSSR count). The fourth-order valence-electron chi connectivity index (χ4n) is 2.47. The molecule has 1 saturated heterocycles. The first kappa shape index (κ1) is 17.5. The third-order valence-corrected chi connectivity index (χ3v) is 3.44. The maximum absolute atomic E-state index is 12.4. The molecule has 130 valence electrons. The van der Waals surface area contributed by atoms with E-state index < -0.39 is 12.7 Å². The molecule has 1 aromatic heterocycles. The first-order valence-corrected chi connectivity index (χ1v) is 7.41. The molecular formula is C13H21F3N6O. The standard InChI is InChI=1S/C13H21F3N6O/c1-9-19-11(23-21-9)3-5-18-12(17-2)20-10-4-6-22(7-10)8-13(14,15)16/h10H,3-8H2,1-2H3,(H2,17,18,20). The largest absolute Gasteiger partial charge is 0.401 e. The molecule has 1 unspecified atom stereocenters. The van der Waals surface area contributed by atoms with Crippen LogP contribution in [0, 0.1) is 6.92 Å². The summed E-state index contributed by atoms with van der Waals surface area (Å²) < 4.78 is 42.1. The summed E-state index contributed by atoms with van der Waals surface area (Å²) in [5.41, 5.74) is 0. The molecule has 0 radical (unpaired) electrons. The molecule has 7 nitrogen and oxygen atoms in total. The number of alkyl halides is 3. The normalized spacial score (nSPS) is 20.0. The zero-order valence-electron chi connectivity index (χ0n) is 13.2. The fourth-order valence-corrected chi connectivity index (χ4v) is 2.47. The van der Waals surface area contributed by atoms with E-state index in [9.17, 15) is 13.2 Å². The van der Waals surface area contributed by atoms with Crippen molar-refractivity contribution in [2.24, 2.45) is 4.99 Å². The van der Waals surface area contributed by atoms with Gasteiger partial charge >= 0.3 is 6.18 Å². The van der Waals surface area contributed by atoms with E-state index >= 15 is 0 Å². The van der Waals surface area contributed by atoms with Crippen LogP contribution in [0.2, 0.25) is 0 Å². The number of aliphatic imine (C=N–C) groups is 1. The van der Waals surface area contributed by atoms with Crippen molar-refractivity contribution in [3.63, 3.8) is 0 Å². The van der Waals surface area contributed by atoms with Crippen molar-refractivity contribution in [1.29, 1.82) is 0 Å². The molecule has 0 aromatic carbocycles. The van der Waals surface area contributed by atoms with Gasteiger partial charge in [0, 0.05) is 39.1 Å². The predicted octanol–water partition coefficient (Wildman–Crippen LogP) is 0.722. The van der Waals surface area contributed by atoms with Crippen LogP contribution in [0.4, 0.5) is 13.2 Å². The van der Waals surface area contributed by atoms with Crippen LogP contribution in [0.1, 0.15) is 18.1 Å². The third kappa shape index (κ3) is 6.05. The Morgan fingerprint density at radius 3 is 2.87 bits per heavy atom. The van der Waals surface area contributed by atoms with Gasteiger partial charge in [-0.25, -0.2) is 0 Å². The predicted molar refractivity (Wildman–Crippen MR) is 78.1 cm³/mol. The van der Waals surface area contributed by atoms with Crippen LogP contribution in [0.15, 0.2) is 9.52 Å². The quantitative estimate of drug-likeness (QED) is 0.610. The van der Waals surface area contributed by atoms with Gasteiger partial charge in [-0.05, 0) is 13.3 Å². The Morgan fingerprint density at radius 1 is 1.48 bits per heavy atom. The van der Waals surface area contributed by atoms with Crippen molar-refractivity contribution >= 4 is 5.96 Å². The highest BCUT2D eigenvalue weighted by atomic mass is 19.4. The molecule has 1 aliphatic heterocycles. The Hall–Kier alpha value is -1.84. The second kappa shape index (κ2) is 7.62. The number of halogens is 3. The topological polar surface area (TPSA) is 78.6 Å². The number of aromatic nitrogens is 2. The SMILES string of the molecule is CN=C(NCCc1nc(C)no1)NC1CCN(CC(F)(F)F)C1. The molecule has 0 saturated carbocycles. The van der Waals surface area contributed by atoms with E-state index in [0.29, 0.717) is 50.2 Å². The van der Waals surface area contributed by atoms with Crippen LogP contribution in [0.3, 0.4) is 0 Å². The Morgan fingerprint density at radius 2 is 2.26 bits per heavy atom. The van der Waals surface area contributed by atoms with Crippen molar-refractivity contribution in [3.8, 4) is 0 Å². The highest BCUT2D eigenvalue weighted by Crippen LogP contribution is 2.19. The summed E-state index contributed by atoms with van der Waals surface area (Å²) in [5, 5.41) is 9.92. The molecule has 23 heavy (non-hydrogen) atoms. The van der Waals surface area contributed by atoms with E-state index in [1.54, 1.807) is 14.0 Å². The van der Waals surface area contributed by atoms with Gasteiger partial charge < -0.3 is 15.2 Å². The van der Waals surface area contributed by atoms with Gasteiger partial charge in [-0.1, -0.05) is 5.16 Å². The number of hydrogen-bond donors (Lipinski definition) is 2. The molecule has 1 atom stereocenters. The lowest BCUT2D eigenvalue weighted by atomic mass is 10.3. The minimum absolute atomic E-state index is 0.0470. The van der Waals surface area contributed by atoms with E-state index in [1.807, 2.05) is 0 Å². The molecule has 2 heterocycles. The average molecular weight is 334 g/mol. The lowest BCUT2D eigenvalue weighted by molar-refractivity contribution is -0.143. The first-order chi connectivity index (χ1) is 10.9. The fraction of sp³-hybridized carbons (Fsp3) is 0.769. The summed E-state index contributed by atoms with van der Waals surface area (Å²) in [5.74, 6) is 1.67. The van der Waals surface area contributed by atoms with Crippen molar-refractivity contribution in [2.45, 2.75) is 32.0 Å². The Bertz CT molecular complexity index is 530. The van der Waals surface area contributed by atoms with E-state index in [1.165, 1.54) is 4.90 Å². The van der Waals surface area contributed by atoms with Crippen LogP contribution < -0.4 is 10.6 Å². The highest BCUT2D eigenvalue weighted by molar-refractivity contribution is 5.80. The third-order valence-electron chi connectivity index (χ3n) is 3.44. The van der Waals surface area contributed by atoms with Gasteiger partial charge in [0.05, 0.1) is 6.54 Å². The summed E-state index contributed by atoms with van der Waals surface area (Å²) >= 11 is 0. The maximum Gasteiger partial charge on any atom is 0.401 e. The lowest BCUT2D eigenvalue weighted by Crippen LogP contribution is -2.45. The first-order valence-electron chi connectivity index (χ1n) is 7.41. The smallest absolute Gasteiger partial charge is 0.356 e. The number of guanidine groups is 1. The van der Waals surface area contributed by atoms with E-state index in [2.05, 4.69) is 25.8 Å². The summed E-state index contributed by atoms with van der Waals surface area (Å²) in [6.45, 7) is 2.19. The maximum atomic E-state index is 12.4. The molecule has 1 fully saturated rings. The van der Waals surface area contributed by atoms with E-state index in [0.717, 1.165) is 0 Å². The molecule has 1 aromatic rings. The number of hydrogen-bond acceptors (Lipinski definition) is 5. The van der Waals surface area contributed by atoms with Crippen molar-refractivity contribution < 1.29 is 17.7 Å². The second-order valence-electron chi connectivity index (χ2n) is 5.46. The number of likely N-dealkylation sites (tertiary alicyclic amines) is 1. The molecule has 0 bridgehead atoms. The van der Waals surface area contributed by atoms with Crippen LogP contribution in [0.5, 0.6) is 0 Å². The minimum atomic E-state index is -4.16. The Kier molecular flexibility index (Phi) is 5.80. The molecule has 10 heteroatoms. The van der Waals surface area contributed by atoms with Crippen molar-refractivity contribution in [3.05, 3.63) is 11.7 Å². The zero-order valence-corrected chi connectivity index (χ0v) is 13.2. The number of nitrogens with zero attached hydrogens (tertiary/aromatic N) is 4. The van der Waals surface area contributed by atoms with Gasteiger partial charge in [0.1, 0.15) is 0 Å². The van der Waals surface area contributed by atoms with Crippen LogP contribution >= 0.6 is 0 Å². The Balaban J connectivity index is 1.71. The number of rotatable bonds is 5. The molecule has 0 aliphatic carbocycles. The summed E-state index contributed by atoms with van der Waals surface area (Å²) in [6.07, 6.45) is -2.96. The average Bonchev–Trinajstić information content (AvgIpc) is 3.05. The van der Waals surface area contributed by atoms with Gasteiger partial charge in [0.2, 0.25) is 5.89 Å². The van der Waals surface area contributed by atoms with Crippen molar-refractivity contribution in [2.75, 3.05) is 33.2 Å². The highest BCUT2D eigenvalue weighted by Gasteiger charge is 2.34. The summed E-state index contributed by atoms with van der Waals surface area (Å²) in [7, 11) is 1.62. The van der Waals surface area contributed by atoms with Crippen molar-refractivity contribution in [1.82, 2.24) is 25.7 Å². The van der Waals surface area contributed by atoms with Crippen LogP contribution in [-0.4, -0.2) is 66.4 Å². The van der Waals surface area contributed by atoms with E-state index in [-0.39, 0.29) is 6.04 Å². The lowest BCUT2D eigenvalue weighted by Gasteiger charge is -2.19. The van der Waals surface area contributed by atoms with Gasteiger partial charge in [-0.3, -0.25) is 9.89 Å². The second-order valence-corrected chi connectivity index (χ2v) is 5.46. The van der Waals surface area contributed by atoms with Gasteiger partial charge in [-0.2, -0.15) is 18.2 Å². The van der Waals surface area contributed by atoms with Crippen LogP contribution in [-0.2, 0) is 6.42 Å². The van der Waals surface area contributed by atoms with Crippen LogP contribution in [0.25, 0.3) is 0 Å². The number of nitrogens with one attached hydrogen (secondary N) is 2. The van der Waals surface area contributed by atoms with Gasteiger partial charge in [-0.15, -0.1) is 0 Å². The molecule has 1 aliphatic rings.